The maximum Gasteiger partial charge on any atom is 0.306 e. The molecule has 0 bridgehead atoms. The maximum atomic E-state index is 12.9. The van der Waals surface area contributed by atoms with Crippen molar-refractivity contribution in [2.75, 3.05) is 13.2 Å². The van der Waals surface area contributed by atoms with Gasteiger partial charge in [-0.05, 0) is 96.3 Å². The predicted octanol–water partition coefficient (Wildman–Crippen LogP) is 23.1. The van der Waals surface area contributed by atoms with E-state index < -0.39 is 6.10 Å². The van der Waals surface area contributed by atoms with Crippen molar-refractivity contribution in [3.8, 4) is 0 Å². The number of ether oxygens (including phenoxy) is 3. The van der Waals surface area contributed by atoms with Gasteiger partial charge in [-0.2, -0.15) is 0 Å². The lowest BCUT2D eigenvalue weighted by molar-refractivity contribution is -0.167. The molecule has 0 rings (SSSR count). The van der Waals surface area contributed by atoms with E-state index in [1.165, 1.54) is 186 Å². The van der Waals surface area contributed by atoms with Crippen LogP contribution >= 0.6 is 0 Å². The van der Waals surface area contributed by atoms with Crippen LogP contribution in [0.5, 0.6) is 0 Å². The van der Waals surface area contributed by atoms with Crippen molar-refractivity contribution in [3.05, 3.63) is 85.1 Å². The Kier molecular flexibility index (Phi) is 63.2. The summed E-state index contributed by atoms with van der Waals surface area (Å²) in [7, 11) is 0. The summed E-state index contributed by atoms with van der Waals surface area (Å²) in [6.07, 6.45) is 87.3. The molecule has 0 heterocycles. The molecule has 0 aliphatic rings. The van der Waals surface area contributed by atoms with Crippen molar-refractivity contribution in [3.63, 3.8) is 0 Å². The Morgan fingerprint density at radius 2 is 0.500 bits per heavy atom. The molecule has 1 unspecified atom stereocenters. The second-order valence-electron chi connectivity index (χ2n) is 22.4. The lowest BCUT2D eigenvalue weighted by Gasteiger charge is -2.18. The van der Waals surface area contributed by atoms with Gasteiger partial charge in [0.2, 0.25) is 0 Å². The molecule has 6 nitrogen and oxygen atoms in total. The fourth-order valence-corrected chi connectivity index (χ4v) is 9.62. The standard InChI is InChI=1S/C72H126O6/c1-4-7-10-13-16-19-22-25-28-31-34-35-36-37-39-41-44-47-50-53-56-59-62-65-71(74)77-68-69(67-76-70(73)64-61-58-55-52-49-46-43-40-33-30-27-24-21-18-15-12-9-6-3)78-72(75)66-63-60-57-54-51-48-45-42-38-32-29-26-23-20-17-14-11-8-5-2/h7,10,16-17,19-20,25-26,28-29,34-35,38,42,69H,4-6,8-9,11-15,18,21-24,27,30-33,36-37,39-41,43-68H2,1-3H3/b10-7-,19-16-,20-17-,28-25-,29-26-,35-34-,42-38-. The molecule has 0 aliphatic heterocycles. The lowest BCUT2D eigenvalue weighted by Crippen LogP contribution is -2.30. The summed E-state index contributed by atoms with van der Waals surface area (Å²) in [4.78, 5) is 38.4. The normalized spacial score (nSPS) is 12.6. The molecule has 0 saturated heterocycles. The van der Waals surface area contributed by atoms with Crippen molar-refractivity contribution in [2.45, 2.75) is 341 Å². The van der Waals surface area contributed by atoms with E-state index in [2.05, 4.69) is 106 Å². The van der Waals surface area contributed by atoms with E-state index in [4.69, 9.17) is 14.2 Å². The molecule has 0 aromatic carbocycles. The summed E-state index contributed by atoms with van der Waals surface area (Å²) in [5, 5.41) is 0. The average Bonchev–Trinajstić information content (AvgIpc) is 3.44. The van der Waals surface area contributed by atoms with E-state index in [0.29, 0.717) is 19.3 Å². The van der Waals surface area contributed by atoms with Crippen LogP contribution in [-0.4, -0.2) is 37.2 Å². The first kappa shape index (κ1) is 74.6. The fourth-order valence-electron chi connectivity index (χ4n) is 9.62. The SMILES string of the molecule is CC/C=C\C/C=C\C/C=C\C/C=C\CCCCCCCCCCCCC(=O)OCC(COC(=O)CCCCCCCCCCCCCCCCCCCC)OC(=O)CCCCCCCC/C=C\C/C=C\C/C=C\CCCCC. The molecule has 1 atom stereocenters. The first-order valence-electron chi connectivity index (χ1n) is 33.6. The van der Waals surface area contributed by atoms with Gasteiger partial charge in [0.25, 0.3) is 0 Å². The Hall–Kier alpha value is -3.41. The highest BCUT2D eigenvalue weighted by Gasteiger charge is 2.19. The minimum Gasteiger partial charge on any atom is -0.462 e. The summed E-state index contributed by atoms with van der Waals surface area (Å²) >= 11 is 0. The monoisotopic (exact) mass is 1090 g/mol. The van der Waals surface area contributed by atoms with Crippen LogP contribution in [0.4, 0.5) is 0 Å². The number of hydrogen-bond acceptors (Lipinski definition) is 6. The van der Waals surface area contributed by atoms with Gasteiger partial charge in [-0.25, -0.2) is 0 Å². The summed E-state index contributed by atoms with van der Waals surface area (Å²) in [5.41, 5.74) is 0. The van der Waals surface area contributed by atoms with Crippen LogP contribution < -0.4 is 0 Å². The topological polar surface area (TPSA) is 78.9 Å². The predicted molar refractivity (Wildman–Crippen MR) is 339 cm³/mol. The van der Waals surface area contributed by atoms with Gasteiger partial charge in [0.15, 0.2) is 6.10 Å². The van der Waals surface area contributed by atoms with Crippen LogP contribution in [0, 0.1) is 0 Å². The van der Waals surface area contributed by atoms with E-state index in [0.717, 1.165) is 109 Å². The van der Waals surface area contributed by atoms with Crippen LogP contribution in [0.1, 0.15) is 335 Å². The largest absolute Gasteiger partial charge is 0.462 e. The minimum atomic E-state index is -0.786. The summed E-state index contributed by atoms with van der Waals surface area (Å²) < 4.78 is 17.0. The lowest BCUT2D eigenvalue weighted by atomic mass is 10.0. The first-order chi connectivity index (χ1) is 38.5. The third kappa shape index (κ3) is 63.4. The molecule has 0 radical (unpaired) electrons. The fraction of sp³-hybridized carbons (Fsp3) is 0.764. The number of hydrogen-bond donors (Lipinski definition) is 0. The van der Waals surface area contributed by atoms with Gasteiger partial charge in [-0.3, -0.25) is 14.4 Å². The minimum absolute atomic E-state index is 0.0799. The van der Waals surface area contributed by atoms with Gasteiger partial charge in [0, 0.05) is 19.3 Å². The van der Waals surface area contributed by atoms with Crippen molar-refractivity contribution in [1.82, 2.24) is 0 Å². The quantitative estimate of drug-likeness (QED) is 0.0261. The summed E-state index contributed by atoms with van der Waals surface area (Å²) in [6.45, 7) is 6.53. The molecule has 0 fully saturated rings. The van der Waals surface area contributed by atoms with Gasteiger partial charge in [0.1, 0.15) is 13.2 Å². The van der Waals surface area contributed by atoms with Crippen molar-refractivity contribution < 1.29 is 28.6 Å². The molecule has 6 heteroatoms. The van der Waals surface area contributed by atoms with Crippen LogP contribution in [0.25, 0.3) is 0 Å². The van der Waals surface area contributed by atoms with Crippen LogP contribution in [-0.2, 0) is 28.6 Å². The van der Waals surface area contributed by atoms with Crippen LogP contribution in [0.3, 0.4) is 0 Å². The number of unbranched alkanes of at least 4 members (excludes halogenated alkanes) is 36. The molecular weight excluding hydrogens is 961 g/mol. The van der Waals surface area contributed by atoms with E-state index in [1.807, 2.05) is 0 Å². The van der Waals surface area contributed by atoms with Gasteiger partial charge in [-0.1, -0.05) is 305 Å². The zero-order valence-electron chi connectivity index (χ0n) is 51.7. The van der Waals surface area contributed by atoms with E-state index in [-0.39, 0.29) is 31.1 Å². The Morgan fingerprint density at radius 3 is 0.808 bits per heavy atom. The molecular formula is C72H126O6. The molecule has 0 spiro atoms. The third-order valence-corrected chi connectivity index (χ3v) is 14.6. The Morgan fingerprint density at radius 1 is 0.269 bits per heavy atom. The third-order valence-electron chi connectivity index (χ3n) is 14.6. The maximum absolute atomic E-state index is 12.9. The smallest absolute Gasteiger partial charge is 0.306 e. The van der Waals surface area contributed by atoms with Gasteiger partial charge >= 0.3 is 17.9 Å². The van der Waals surface area contributed by atoms with E-state index >= 15 is 0 Å². The van der Waals surface area contributed by atoms with E-state index in [9.17, 15) is 14.4 Å². The Labute approximate surface area is 484 Å². The average molecular weight is 1090 g/mol. The first-order valence-corrected chi connectivity index (χ1v) is 33.6. The molecule has 78 heavy (non-hydrogen) atoms. The van der Waals surface area contributed by atoms with Gasteiger partial charge in [-0.15, -0.1) is 0 Å². The van der Waals surface area contributed by atoms with Crippen molar-refractivity contribution >= 4 is 17.9 Å². The van der Waals surface area contributed by atoms with Crippen molar-refractivity contribution in [1.29, 1.82) is 0 Å². The highest BCUT2D eigenvalue weighted by molar-refractivity contribution is 5.71. The number of carbonyl (C=O) groups excluding carboxylic acids is 3. The molecule has 0 amide bonds. The number of allylic oxidation sites excluding steroid dienone is 14. The molecule has 0 N–H and O–H groups in total. The highest BCUT2D eigenvalue weighted by atomic mass is 16.6. The van der Waals surface area contributed by atoms with Crippen LogP contribution in [0.2, 0.25) is 0 Å². The highest BCUT2D eigenvalue weighted by Crippen LogP contribution is 2.17. The number of esters is 3. The Bertz CT molecular complexity index is 1480. The molecule has 0 aliphatic carbocycles. The second kappa shape index (κ2) is 66.1. The molecule has 0 aromatic heterocycles. The summed E-state index contributed by atoms with van der Waals surface area (Å²) in [6, 6.07) is 0. The second-order valence-corrected chi connectivity index (χ2v) is 22.4. The van der Waals surface area contributed by atoms with Crippen molar-refractivity contribution in [2.24, 2.45) is 0 Å². The summed E-state index contributed by atoms with van der Waals surface area (Å²) in [5.74, 6) is -0.879. The number of rotatable bonds is 61. The zero-order chi connectivity index (χ0) is 56.4. The van der Waals surface area contributed by atoms with Gasteiger partial charge in [0.05, 0.1) is 0 Å². The molecule has 0 saturated carbocycles. The van der Waals surface area contributed by atoms with E-state index in [1.54, 1.807) is 0 Å². The molecule has 450 valence electrons. The Balaban J connectivity index is 4.38. The number of carbonyl (C=O) groups is 3. The van der Waals surface area contributed by atoms with Gasteiger partial charge < -0.3 is 14.2 Å². The molecule has 0 aromatic rings. The van der Waals surface area contributed by atoms with Crippen LogP contribution in [0.15, 0.2) is 85.1 Å². The zero-order valence-corrected chi connectivity index (χ0v) is 51.7.